The van der Waals surface area contributed by atoms with Crippen molar-refractivity contribution in [1.82, 2.24) is 0 Å². The summed E-state index contributed by atoms with van der Waals surface area (Å²) in [5.41, 5.74) is 1.57. The molecule has 0 saturated carbocycles. The number of rotatable bonds is 9. The third-order valence-electron chi connectivity index (χ3n) is 3.77. The summed E-state index contributed by atoms with van der Waals surface area (Å²) < 4.78 is 16.6. The summed E-state index contributed by atoms with van der Waals surface area (Å²) in [5.74, 6) is 0.551. The fourth-order valence-electron chi connectivity index (χ4n) is 2.91. The van der Waals surface area contributed by atoms with E-state index in [1.807, 2.05) is 30.0 Å². The second kappa shape index (κ2) is 9.18. The van der Waals surface area contributed by atoms with Gasteiger partial charge in [0.2, 0.25) is 0 Å². The molecule has 2 aromatic rings. The molecule has 2 rings (SSSR count). The van der Waals surface area contributed by atoms with Crippen molar-refractivity contribution in [2.75, 3.05) is 6.61 Å². The van der Waals surface area contributed by atoms with E-state index in [2.05, 4.69) is 27.7 Å². The molecule has 25 heavy (non-hydrogen) atoms. The van der Waals surface area contributed by atoms with E-state index in [0.29, 0.717) is 17.1 Å². The minimum absolute atomic E-state index is 0.132. The predicted octanol–water partition coefficient (Wildman–Crippen LogP) is 5.23. The molecule has 0 amide bonds. The van der Waals surface area contributed by atoms with Gasteiger partial charge < -0.3 is 13.9 Å². The Bertz CT molecular complexity index is 692. The van der Waals surface area contributed by atoms with Crippen molar-refractivity contribution in [3.63, 3.8) is 0 Å². The summed E-state index contributed by atoms with van der Waals surface area (Å²) in [6.45, 7) is 10.9. The lowest BCUT2D eigenvalue weighted by Crippen LogP contribution is -2.17. The van der Waals surface area contributed by atoms with Crippen LogP contribution in [0, 0.1) is 0 Å². The highest BCUT2D eigenvalue weighted by Gasteiger charge is 2.15. The molecule has 0 spiro atoms. The quantitative estimate of drug-likeness (QED) is 0.571. The number of fused-ring (bicyclic) bond motifs is 1. The number of carbonyl (C=O) groups is 1. The zero-order valence-electron chi connectivity index (χ0n) is 15.7. The van der Waals surface area contributed by atoms with Gasteiger partial charge in [-0.3, -0.25) is 4.79 Å². The molecule has 4 nitrogen and oxygen atoms in total. The van der Waals surface area contributed by atoms with Crippen LogP contribution in [-0.4, -0.2) is 29.2 Å². The summed E-state index contributed by atoms with van der Waals surface area (Å²) in [7, 11) is 0. The molecule has 2 unspecified atom stereocenters. The van der Waals surface area contributed by atoms with Crippen molar-refractivity contribution in [3.05, 3.63) is 30.0 Å². The topological polar surface area (TPSA) is 48.7 Å². The van der Waals surface area contributed by atoms with Gasteiger partial charge in [0.25, 0.3) is 0 Å². The van der Waals surface area contributed by atoms with Crippen LogP contribution in [0.1, 0.15) is 46.6 Å². The maximum Gasteiger partial charge on any atom is 0.310 e. The van der Waals surface area contributed by atoms with E-state index in [9.17, 15) is 4.79 Å². The van der Waals surface area contributed by atoms with E-state index in [4.69, 9.17) is 13.9 Å². The van der Waals surface area contributed by atoms with Gasteiger partial charge in [-0.2, -0.15) is 11.8 Å². The van der Waals surface area contributed by atoms with Crippen molar-refractivity contribution < 1.29 is 18.7 Å². The van der Waals surface area contributed by atoms with Crippen LogP contribution in [0.25, 0.3) is 11.0 Å². The lowest BCUT2D eigenvalue weighted by Gasteiger charge is -2.20. The Morgan fingerprint density at radius 2 is 2.00 bits per heavy atom. The zero-order valence-corrected chi connectivity index (χ0v) is 16.5. The number of hydrogen-bond donors (Lipinski definition) is 0. The van der Waals surface area contributed by atoms with Gasteiger partial charge >= 0.3 is 5.97 Å². The third-order valence-corrected chi connectivity index (χ3v) is 4.97. The maximum atomic E-state index is 11.7. The van der Waals surface area contributed by atoms with Crippen LogP contribution in [0.15, 0.2) is 28.9 Å². The first kappa shape index (κ1) is 19.7. The van der Waals surface area contributed by atoms with E-state index in [-0.39, 0.29) is 18.5 Å². The molecule has 138 valence electrons. The van der Waals surface area contributed by atoms with Gasteiger partial charge in [-0.1, -0.05) is 20.8 Å². The summed E-state index contributed by atoms with van der Waals surface area (Å²) in [4.78, 5) is 11.7. The first-order valence-electron chi connectivity index (χ1n) is 8.86. The Balaban J connectivity index is 2.00. The van der Waals surface area contributed by atoms with E-state index < -0.39 is 0 Å². The molecule has 1 aromatic heterocycles. The minimum atomic E-state index is -0.240. The molecule has 0 aliphatic rings. The van der Waals surface area contributed by atoms with Gasteiger partial charge in [0, 0.05) is 22.3 Å². The average Bonchev–Trinajstić information content (AvgIpc) is 2.88. The molecule has 5 heteroatoms. The lowest BCUT2D eigenvalue weighted by molar-refractivity contribution is -0.142. The molecule has 0 aliphatic carbocycles. The molecule has 0 radical (unpaired) electrons. The second-order valence-electron chi connectivity index (χ2n) is 6.56. The number of esters is 1. The number of carbonyl (C=O) groups excluding carboxylic acids is 1. The number of furan rings is 1. The SMILES string of the molecule is CCOC(=O)Cc1coc2cc(OC(C)CC(C)SC(C)C)ccc12. The van der Waals surface area contributed by atoms with Gasteiger partial charge in [-0.05, 0) is 37.7 Å². The molecule has 1 heterocycles. The Kier molecular flexibility index (Phi) is 7.24. The van der Waals surface area contributed by atoms with Crippen molar-refractivity contribution >= 4 is 28.7 Å². The van der Waals surface area contributed by atoms with E-state index >= 15 is 0 Å². The van der Waals surface area contributed by atoms with Gasteiger partial charge in [0.15, 0.2) is 0 Å². The zero-order chi connectivity index (χ0) is 18.4. The lowest BCUT2D eigenvalue weighted by atomic mass is 10.1. The maximum absolute atomic E-state index is 11.7. The van der Waals surface area contributed by atoms with Crippen molar-refractivity contribution in [1.29, 1.82) is 0 Å². The minimum Gasteiger partial charge on any atom is -0.491 e. The predicted molar refractivity (Wildman–Crippen MR) is 103 cm³/mol. The first-order chi connectivity index (χ1) is 11.9. The third kappa shape index (κ3) is 5.99. The standard InChI is InChI=1S/C20H28O4S/c1-6-22-20(21)10-16-12-23-19-11-17(7-8-18(16)19)24-14(4)9-15(5)25-13(2)3/h7-8,11-15H,6,9-10H2,1-5H3. The van der Waals surface area contributed by atoms with Crippen LogP contribution in [0.3, 0.4) is 0 Å². The smallest absolute Gasteiger partial charge is 0.310 e. The van der Waals surface area contributed by atoms with Crippen LogP contribution in [0.4, 0.5) is 0 Å². The fraction of sp³-hybridized carbons (Fsp3) is 0.550. The highest BCUT2D eigenvalue weighted by molar-refractivity contribution is 8.00. The van der Waals surface area contributed by atoms with Gasteiger partial charge in [0.05, 0.1) is 25.4 Å². The number of benzene rings is 1. The summed E-state index contributed by atoms with van der Waals surface area (Å²) >= 11 is 1.97. The van der Waals surface area contributed by atoms with E-state index in [0.717, 1.165) is 28.7 Å². The molecule has 0 aliphatic heterocycles. The van der Waals surface area contributed by atoms with Crippen LogP contribution in [0.2, 0.25) is 0 Å². The van der Waals surface area contributed by atoms with Crippen molar-refractivity contribution in [3.8, 4) is 5.75 Å². The highest BCUT2D eigenvalue weighted by Crippen LogP contribution is 2.28. The molecule has 0 bridgehead atoms. The van der Waals surface area contributed by atoms with E-state index in [1.54, 1.807) is 13.2 Å². The van der Waals surface area contributed by atoms with Crippen molar-refractivity contribution in [2.45, 2.75) is 64.1 Å². The van der Waals surface area contributed by atoms with Crippen LogP contribution in [-0.2, 0) is 16.0 Å². The van der Waals surface area contributed by atoms with Gasteiger partial charge in [-0.15, -0.1) is 0 Å². The van der Waals surface area contributed by atoms with Crippen LogP contribution >= 0.6 is 11.8 Å². The Hall–Kier alpha value is -1.62. The average molecular weight is 365 g/mol. The number of ether oxygens (including phenoxy) is 2. The Morgan fingerprint density at radius 1 is 1.24 bits per heavy atom. The first-order valence-corrected chi connectivity index (χ1v) is 9.81. The van der Waals surface area contributed by atoms with Crippen LogP contribution in [0.5, 0.6) is 5.75 Å². The van der Waals surface area contributed by atoms with Crippen molar-refractivity contribution in [2.24, 2.45) is 0 Å². The molecule has 0 N–H and O–H groups in total. The summed E-state index contributed by atoms with van der Waals surface area (Å²) in [6.07, 6.45) is 2.97. The fourth-order valence-corrected chi connectivity index (χ4v) is 4.22. The number of hydrogen-bond acceptors (Lipinski definition) is 5. The normalized spacial score (nSPS) is 13.8. The Morgan fingerprint density at radius 3 is 2.68 bits per heavy atom. The Labute approximate surface area is 154 Å². The van der Waals surface area contributed by atoms with Gasteiger partial charge in [-0.25, -0.2) is 0 Å². The highest BCUT2D eigenvalue weighted by atomic mass is 32.2. The number of thioether (sulfide) groups is 1. The van der Waals surface area contributed by atoms with E-state index in [1.165, 1.54) is 0 Å². The summed E-state index contributed by atoms with van der Waals surface area (Å²) in [5, 5.41) is 2.11. The molecule has 0 fully saturated rings. The second-order valence-corrected chi connectivity index (χ2v) is 8.58. The molecular weight excluding hydrogens is 336 g/mol. The summed E-state index contributed by atoms with van der Waals surface area (Å²) in [6, 6.07) is 5.77. The van der Waals surface area contributed by atoms with Gasteiger partial charge in [0.1, 0.15) is 11.3 Å². The van der Waals surface area contributed by atoms with Crippen LogP contribution < -0.4 is 4.74 Å². The molecule has 2 atom stereocenters. The largest absolute Gasteiger partial charge is 0.491 e. The molecular formula is C20H28O4S. The molecule has 0 saturated heterocycles. The monoisotopic (exact) mass is 364 g/mol. The molecule has 1 aromatic carbocycles.